The van der Waals surface area contributed by atoms with Crippen LogP contribution in [0.4, 0.5) is 10.1 Å². The van der Waals surface area contributed by atoms with Gasteiger partial charge in [0.1, 0.15) is 11.6 Å². The highest BCUT2D eigenvalue weighted by Crippen LogP contribution is 2.15. The first kappa shape index (κ1) is 17.9. The van der Waals surface area contributed by atoms with Crippen LogP contribution in [0.3, 0.4) is 0 Å². The Bertz CT molecular complexity index is 848. The lowest BCUT2D eigenvalue weighted by Crippen LogP contribution is -2.32. The Balaban J connectivity index is 1.67. The third-order valence-corrected chi connectivity index (χ3v) is 4.03. The predicted molar refractivity (Wildman–Crippen MR) is 99.0 cm³/mol. The lowest BCUT2D eigenvalue weighted by Gasteiger charge is -2.21. The minimum Gasteiger partial charge on any atom is -0.468 e. The second-order valence-electron chi connectivity index (χ2n) is 6.22. The van der Waals surface area contributed by atoms with E-state index in [0.717, 1.165) is 11.3 Å². The first-order chi connectivity index (χ1) is 12.6. The molecule has 0 fully saturated rings. The lowest BCUT2D eigenvalue weighted by atomic mass is 10.2. The predicted octanol–water partition coefficient (Wildman–Crippen LogP) is 4.37. The van der Waals surface area contributed by atoms with E-state index >= 15 is 0 Å². The first-order valence-electron chi connectivity index (χ1n) is 8.45. The Kier molecular flexibility index (Phi) is 5.81. The summed E-state index contributed by atoms with van der Waals surface area (Å²) in [5.41, 5.74) is 2.11. The van der Waals surface area contributed by atoms with Gasteiger partial charge in [0.15, 0.2) is 0 Å². The summed E-state index contributed by atoms with van der Waals surface area (Å²) in [6.07, 6.45) is 1.62. The molecule has 1 aromatic heterocycles. The van der Waals surface area contributed by atoms with Gasteiger partial charge in [0.2, 0.25) is 5.91 Å². The van der Waals surface area contributed by atoms with E-state index in [2.05, 4.69) is 5.32 Å². The van der Waals surface area contributed by atoms with Crippen molar-refractivity contribution in [1.82, 2.24) is 4.90 Å². The van der Waals surface area contributed by atoms with Crippen molar-refractivity contribution in [3.8, 4) is 0 Å². The molecule has 0 unspecified atom stereocenters. The Morgan fingerprint density at radius 3 is 2.58 bits per heavy atom. The molecular weight excluding hydrogens is 331 g/mol. The molecule has 3 rings (SSSR count). The van der Waals surface area contributed by atoms with Gasteiger partial charge in [-0.2, -0.15) is 0 Å². The summed E-state index contributed by atoms with van der Waals surface area (Å²) in [6.45, 7) is 2.98. The zero-order chi connectivity index (χ0) is 18.4. The van der Waals surface area contributed by atoms with Gasteiger partial charge in [-0.3, -0.25) is 9.69 Å². The molecule has 3 aromatic rings. The number of rotatable bonds is 7. The van der Waals surface area contributed by atoms with Crippen molar-refractivity contribution in [2.75, 3.05) is 11.9 Å². The third-order valence-electron chi connectivity index (χ3n) is 4.03. The van der Waals surface area contributed by atoms with Crippen LogP contribution >= 0.6 is 0 Å². The fraction of sp³-hybridized carbons (Fsp3) is 0.190. The van der Waals surface area contributed by atoms with Gasteiger partial charge in [0.25, 0.3) is 0 Å². The van der Waals surface area contributed by atoms with Crippen LogP contribution < -0.4 is 5.32 Å². The Morgan fingerprint density at radius 2 is 1.88 bits per heavy atom. The number of benzene rings is 2. The summed E-state index contributed by atoms with van der Waals surface area (Å²) in [4.78, 5) is 14.4. The molecule has 26 heavy (non-hydrogen) atoms. The number of hydrogen-bond donors (Lipinski definition) is 1. The highest BCUT2D eigenvalue weighted by atomic mass is 19.1. The smallest absolute Gasteiger partial charge is 0.238 e. The van der Waals surface area contributed by atoms with Gasteiger partial charge in [-0.05, 0) is 42.3 Å². The second-order valence-corrected chi connectivity index (χ2v) is 6.22. The molecule has 5 heteroatoms. The monoisotopic (exact) mass is 352 g/mol. The maximum absolute atomic E-state index is 13.7. The molecule has 1 N–H and O–H groups in total. The zero-order valence-electron chi connectivity index (χ0n) is 14.6. The molecule has 1 heterocycles. The Hall–Kier alpha value is -2.92. The van der Waals surface area contributed by atoms with Crippen molar-refractivity contribution < 1.29 is 13.6 Å². The molecule has 0 saturated heterocycles. The number of carbonyl (C=O) groups is 1. The number of nitrogens with one attached hydrogen (secondary N) is 1. The average Bonchev–Trinajstić information content (AvgIpc) is 3.12. The molecule has 134 valence electrons. The average molecular weight is 352 g/mol. The molecule has 0 aliphatic heterocycles. The molecule has 1 amide bonds. The minimum atomic E-state index is -0.334. The largest absolute Gasteiger partial charge is 0.468 e. The van der Waals surface area contributed by atoms with E-state index in [0.29, 0.717) is 24.3 Å². The quantitative estimate of drug-likeness (QED) is 0.687. The molecule has 0 atom stereocenters. The molecule has 4 nitrogen and oxygen atoms in total. The van der Waals surface area contributed by atoms with Gasteiger partial charge in [-0.15, -0.1) is 0 Å². The van der Waals surface area contributed by atoms with E-state index in [1.165, 1.54) is 6.07 Å². The van der Waals surface area contributed by atoms with E-state index < -0.39 is 0 Å². The summed E-state index contributed by atoms with van der Waals surface area (Å²) in [7, 11) is 0. The van der Waals surface area contributed by atoms with E-state index in [-0.39, 0.29) is 18.3 Å². The normalized spacial score (nSPS) is 10.9. The molecule has 2 aromatic carbocycles. The first-order valence-corrected chi connectivity index (χ1v) is 8.45. The Morgan fingerprint density at radius 1 is 1.08 bits per heavy atom. The molecule has 0 saturated carbocycles. The van der Waals surface area contributed by atoms with Gasteiger partial charge in [-0.1, -0.05) is 36.4 Å². The van der Waals surface area contributed by atoms with E-state index in [1.807, 2.05) is 47.4 Å². The van der Waals surface area contributed by atoms with Crippen LogP contribution in [0.2, 0.25) is 0 Å². The number of furan rings is 1. The number of nitrogens with zero attached hydrogens (tertiary/aromatic N) is 1. The molecule has 0 radical (unpaired) electrons. The summed E-state index contributed by atoms with van der Waals surface area (Å²) < 4.78 is 19.1. The van der Waals surface area contributed by atoms with Crippen molar-refractivity contribution >= 4 is 11.6 Å². The number of halogens is 1. The number of hydrogen-bond acceptors (Lipinski definition) is 3. The van der Waals surface area contributed by atoms with E-state index in [4.69, 9.17) is 4.42 Å². The Labute approximate surface area is 152 Å². The number of aryl methyl sites for hydroxylation is 1. The highest BCUT2D eigenvalue weighted by molar-refractivity contribution is 5.92. The number of carbonyl (C=O) groups excluding carboxylic acids is 1. The van der Waals surface area contributed by atoms with Crippen molar-refractivity contribution in [3.63, 3.8) is 0 Å². The van der Waals surface area contributed by atoms with E-state index in [1.54, 1.807) is 25.3 Å². The lowest BCUT2D eigenvalue weighted by molar-refractivity contribution is -0.117. The van der Waals surface area contributed by atoms with Crippen LogP contribution in [0.5, 0.6) is 0 Å². The summed E-state index contributed by atoms with van der Waals surface area (Å²) in [5.74, 6) is 0.255. The molecule has 0 bridgehead atoms. The maximum atomic E-state index is 13.7. The van der Waals surface area contributed by atoms with Crippen molar-refractivity contribution in [2.45, 2.75) is 20.0 Å². The van der Waals surface area contributed by atoms with Gasteiger partial charge in [0, 0.05) is 12.2 Å². The van der Waals surface area contributed by atoms with Gasteiger partial charge >= 0.3 is 0 Å². The van der Waals surface area contributed by atoms with Crippen LogP contribution in [0.25, 0.3) is 0 Å². The van der Waals surface area contributed by atoms with Crippen LogP contribution in [0.1, 0.15) is 16.9 Å². The summed E-state index contributed by atoms with van der Waals surface area (Å²) in [5, 5.41) is 2.75. The summed E-state index contributed by atoms with van der Waals surface area (Å²) in [6, 6.07) is 18.3. The van der Waals surface area contributed by atoms with Crippen LogP contribution in [-0.4, -0.2) is 17.4 Å². The number of amides is 1. The van der Waals surface area contributed by atoms with Crippen LogP contribution in [-0.2, 0) is 17.9 Å². The molecular formula is C21H21FN2O2. The van der Waals surface area contributed by atoms with Crippen molar-refractivity contribution in [3.05, 3.63) is 89.6 Å². The molecule has 0 aliphatic rings. The van der Waals surface area contributed by atoms with Crippen molar-refractivity contribution in [2.24, 2.45) is 0 Å². The topological polar surface area (TPSA) is 45.5 Å². The standard InChI is InChI=1S/C21H21FN2O2/c1-16-9-10-18(12-20(16)22)23-21(25)15-24(14-19-8-5-11-26-19)13-17-6-3-2-4-7-17/h2-12H,13-15H2,1H3,(H,23,25). The maximum Gasteiger partial charge on any atom is 0.238 e. The SMILES string of the molecule is Cc1ccc(NC(=O)CN(Cc2ccccc2)Cc2ccco2)cc1F. The minimum absolute atomic E-state index is 0.172. The van der Waals surface area contributed by atoms with Crippen LogP contribution in [0, 0.1) is 12.7 Å². The second kappa shape index (κ2) is 8.45. The van der Waals surface area contributed by atoms with Gasteiger partial charge < -0.3 is 9.73 Å². The third kappa shape index (κ3) is 5.04. The van der Waals surface area contributed by atoms with Crippen molar-refractivity contribution in [1.29, 1.82) is 0 Å². The molecule has 0 spiro atoms. The fourth-order valence-corrected chi connectivity index (χ4v) is 2.71. The number of anilines is 1. The highest BCUT2D eigenvalue weighted by Gasteiger charge is 2.14. The zero-order valence-corrected chi connectivity index (χ0v) is 14.6. The van der Waals surface area contributed by atoms with E-state index in [9.17, 15) is 9.18 Å². The van der Waals surface area contributed by atoms with Crippen LogP contribution in [0.15, 0.2) is 71.3 Å². The van der Waals surface area contributed by atoms with Gasteiger partial charge in [0.05, 0.1) is 19.4 Å². The molecule has 0 aliphatic carbocycles. The fourth-order valence-electron chi connectivity index (χ4n) is 2.71. The van der Waals surface area contributed by atoms with Gasteiger partial charge in [-0.25, -0.2) is 4.39 Å². The summed E-state index contributed by atoms with van der Waals surface area (Å²) >= 11 is 0.